The second kappa shape index (κ2) is 2.09. The highest BCUT2D eigenvalue weighted by molar-refractivity contribution is 5.52. The van der Waals surface area contributed by atoms with Crippen molar-refractivity contribution in [1.29, 1.82) is 0 Å². The van der Waals surface area contributed by atoms with Gasteiger partial charge in [0.05, 0.1) is 0 Å². The van der Waals surface area contributed by atoms with Gasteiger partial charge in [-0.25, -0.2) is 0 Å². The zero-order valence-corrected chi connectivity index (χ0v) is 7.14. The maximum Gasteiger partial charge on any atom is 0.165 e. The molecule has 0 radical (unpaired) electrons. The van der Waals surface area contributed by atoms with E-state index in [4.69, 9.17) is 5.73 Å². The molecule has 1 saturated carbocycles. The molecule has 13 heavy (non-hydrogen) atoms. The van der Waals surface area contributed by atoms with Crippen molar-refractivity contribution in [3.63, 3.8) is 0 Å². The van der Waals surface area contributed by atoms with Crippen LogP contribution in [0.25, 0.3) is 5.65 Å². The Hall–Kier alpha value is -1.42. The number of hydrogen-bond donors (Lipinski definition) is 1. The number of pyridine rings is 1. The van der Waals surface area contributed by atoms with Crippen molar-refractivity contribution in [3.05, 3.63) is 30.2 Å². The Morgan fingerprint density at radius 3 is 3.08 bits per heavy atom. The molecule has 2 N–H and O–H groups in total. The van der Waals surface area contributed by atoms with Gasteiger partial charge in [0.25, 0.3) is 0 Å². The van der Waals surface area contributed by atoms with Crippen LogP contribution in [0.15, 0.2) is 24.7 Å². The molecule has 0 saturated heterocycles. The molecule has 1 aliphatic carbocycles. The smallest absolute Gasteiger partial charge is 0.165 e. The molecule has 0 unspecified atom stereocenters. The molecule has 4 nitrogen and oxygen atoms in total. The number of aromatic nitrogens is 3. The number of nitrogens with two attached hydrogens (primary N) is 1. The summed E-state index contributed by atoms with van der Waals surface area (Å²) in [6.07, 6.45) is 5.74. The topological polar surface area (TPSA) is 56.2 Å². The lowest BCUT2D eigenvalue weighted by molar-refractivity contribution is 0.739. The third-order valence-electron chi connectivity index (χ3n) is 2.65. The number of fused-ring (bicyclic) bond motifs is 1. The van der Waals surface area contributed by atoms with E-state index in [9.17, 15) is 0 Å². The van der Waals surface area contributed by atoms with E-state index < -0.39 is 0 Å². The fraction of sp³-hybridized carbons (Fsp3) is 0.333. The summed E-state index contributed by atoms with van der Waals surface area (Å²) in [5.74, 6) is 0. The van der Waals surface area contributed by atoms with E-state index >= 15 is 0 Å². The van der Waals surface area contributed by atoms with Crippen molar-refractivity contribution >= 4 is 5.65 Å². The predicted octanol–water partition coefficient (Wildman–Crippen LogP) is 0.677. The SMILES string of the molecule is NC1(c2cccn3cnnc23)CC1. The quantitative estimate of drug-likeness (QED) is 0.691. The average molecular weight is 174 g/mol. The molecule has 0 amide bonds. The summed E-state index contributed by atoms with van der Waals surface area (Å²) >= 11 is 0. The van der Waals surface area contributed by atoms with E-state index in [1.807, 2.05) is 22.7 Å². The van der Waals surface area contributed by atoms with Gasteiger partial charge in [0.1, 0.15) is 6.33 Å². The summed E-state index contributed by atoms with van der Waals surface area (Å²) in [6.45, 7) is 0. The van der Waals surface area contributed by atoms with Gasteiger partial charge in [0, 0.05) is 17.3 Å². The van der Waals surface area contributed by atoms with Gasteiger partial charge < -0.3 is 5.73 Å². The molecule has 0 aliphatic heterocycles. The van der Waals surface area contributed by atoms with Crippen LogP contribution in [0.4, 0.5) is 0 Å². The van der Waals surface area contributed by atoms with Gasteiger partial charge in [-0.15, -0.1) is 10.2 Å². The van der Waals surface area contributed by atoms with Crippen LogP contribution in [0.1, 0.15) is 18.4 Å². The van der Waals surface area contributed by atoms with E-state index in [-0.39, 0.29) is 5.54 Å². The van der Waals surface area contributed by atoms with Crippen molar-refractivity contribution in [3.8, 4) is 0 Å². The van der Waals surface area contributed by atoms with E-state index in [1.165, 1.54) is 0 Å². The van der Waals surface area contributed by atoms with Crippen molar-refractivity contribution < 1.29 is 0 Å². The Kier molecular flexibility index (Phi) is 1.13. The molecule has 4 heteroatoms. The van der Waals surface area contributed by atoms with Crippen LogP contribution in [0.5, 0.6) is 0 Å². The van der Waals surface area contributed by atoms with E-state index in [0.717, 1.165) is 24.1 Å². The first kappa shape index (κ1) is 7.03. The molecular weight excluding hydrogens is 164 g/mol. The second-order valence-corrected chi connectivity index (χ2v) is 3.64. The Morgan fingerprint density at radius 2 is 2.31 bits per heavy atom. The predicted molar refractivity (Wildman–Crippen MR) is 48.1 cm³/mol. The Labute approximate surface area is 75.4 Å². The average Bonchev–Trinajstić information content (AvgIpc) is 2.72. The van der Waals surface area contributed by atoms with Crippen LogP contribution >= 0.6 is 0 Å². The molecule has 0 aromatic carbocycles. The first-order chi connectivity index (χ1) is 6.30. The molecule has 0 bridgehead atoms. The molecule has 1 aliphatic rings. The van der Waals surface area contributed by atoms with E-state index in [1.54, 1.807) is 6.33 Å². The molecule has 1 fully saturated rings. The van der Waals surface area contributed by atoms with Crippen LogP contribution in [0.2, 0.25) is 0 Å². The maximum atomic E-state index is 6.11. The molecule has 0 atom stereocenters. The monoisotopic (exact) mass is 174 g/mol. The standard InChI is InChI=1S/C9H10N4/c10-9(3-4-9)7-2-1-5-13-6-11-12-8(7)13/h1-2,5-6H,3-4,10H2. The van der Waals surface area contributed by atoms with Gasteiger partial charge in [-0.05, 0) is 18.9 Å². The van der Waals surface area contributed by atoms with Crippen LogP contribution in [0.3, 0.4) is 0 Å². The molecule has 0 spiro atoms. The first-order valence-corrected chi connectivity index (χ1v) is 4.37. The number of rotatable bonds is 1. The minimum Gasteiger partial charge on any atom is -0.321 e. The lowest BCUT2D eigenvalue weighted by atomic mass is 10.1. The summed E-state index contributed by atoms with van der Waals surface area (Å²) < 4.78 is 1.91. The highest BCUT2D eigenvalue weighted by Gasteiger charge is 2.41. The summed E-state index contributed by atoms with van der Waals surface area (Å²) in [5.41, 5.74) is 7.99. The fourth-order valence-corrected chi connectivity index (χ4v) is 1.64. The van der Waals surface area contributed by atoms with Crippen molar-refractivity contribution in [1.82, 2.24) is 14.6 Å². The molecule has 3 rings (SSSR count). The summed E-state index contributed by atoms with van der Waals surface area (Å²) in [4.78, 5) is 0. The minimum absolute atomic E-state index is 0.129. The lowest BCUT2D eigenvalue weighted by Crippen LogP contribution is -2.19. The third kappa shape index (κ3) is 0.890. The molecule has 2 aromatic heterocycles. The van der Waals surface area contributed by atoms with Gasteiger partial charge in [0.2, 0.25) is 0 Å². The van der Waals surface area contributed by atoms with Crippen LogP contribution in [0, 0.1) is 0 Å². The van der Waals surface area contributed by atoms with Crippen LogP contribution < -0.4 is 5.73 Å². The van der Waals surface area contributed by atoms with Crippen molar-refractivity contribution in [2.45, 2.75) is 18.4 Å². The van der Waals surface area contributed by atoms with E-state index in [2.05, 4.69) is 10.2 Å². The zero-order valence-electron chi connectivity index (χ0n) is 7.14. The van der Waals surface area contributed by atoms with Gasteiger partial charge >= 0.3 is 0 Å². The second-order valence-electron chi connectivity index (χ2n) is 3.64. The first-order valence-electron chi connectivity index (χ1n) is 4.37. The molecule has 2 heterocycles. The van der Waals surface area contributed by atoms with Gasteiger partial charge in [-0.1, -0.05) is 6.07 Å². The van der Waals surface area contributed by atoms with Crippen LogP contribution in [-0.2, 0) is 5.54 Å². The van der Waals surface area contributed by atoms with Crippen molar-refractivity contribution in [2.75, 3.05) is 0 Å². The number of hydrogen-bond acceptors (Lipinski definition) is 3. The Bertz CT molecular complexity index is 455. The van der Waals surface area contributed by atoms with Crippen LogP contribution in [-0.4, -0.2) is 14.6 Å². The number of nitrogens with zero attached hydrogens (tertiary/aromatic N) is 3. The molecular formula is C9H10N4. The van der Waals surface area contributed by atoms with Gasteiger partial charge in [0.15, 0.2) is 5.65 Å². The minimum atomic E-state index is -0.129. The summed E-state index contributed by atoms with van der Waals surface area (Å²) in [5, 5.41) is 7.92. The molecule has 2 aromatic rings. The zero-order chi connectivity index (χ0) is 8.89. The van der Waals surface area contributed by atoms with E-state index in [0.29, 0.717) is 0 Å². The van der Waals surface area contributed by atoms with Gasteiger partial charge in [-0.2, -0.15) is 0 Å². The normalized spacial score (nSPS) is 19.2. The maximum absolute atomic E-state index is 6.11. The third-order valence-corrected chi connectivity index (χ3v) is 2.65. The summed E-state index contributed by atoms with van der Waals surface area (Å²) in [7, 11) is 0. The Balaban J connectivity index is 2.33. The lowest BCUT2D eigenvalue weighted by Gasteiger charge is -2.08. The Morgan fingerprint density at radius 1 is 1.46 bits per heavy atom. The fourth-order valence-electron chi connectivity index (χ4n) is 1.64. The van der Waals surface area contributed by atoms with Crippen molar-refractivity contribution in [2.24, 2.45) is 5.73 Å². The highest BCUT2D eigenvalue weighted by Crippen LogP contribution is 2.43. The van der Waals surface area contributed by atoms with Gasteiger partial charge in [-0.3, -0.25) is 4.40 Å². The molecule has 66 valence electrons. The highest BCUT2D eigenvalue weighted by atomic mass is 15.2. The summed E-state index contributed by atoms with van der Waals surface area (Å²) in [6, 6.07) is 4.02. The largest absolute Gasteiger partial charge is 0.321 e.